The van der Waals surface area contributed by atoms with E-state index in [9.17, 15) is 14.7 Å². The van der Waals surface area contributed by atoms with Gasteiger partial charge in [-0.15, -0.1) is 0 Å². The largest absolute Gasteiger partial charge is 0.497 e. The first kappa shape index (κ1) is 23.3. The van der Waals surface area contributed by atoms with Crippen molar-refractivity contribution in [3.05, 3.63) is 41.5 Å². The van der Waals surface area contributed by atoms with E-state index in [0.717, 1.165) is 5.57 Å². The van der Waals surface area contributed by atoms with Crippen molar-refractivity contribution in [1.29, 1.82) is 0 Å². The quantitative estimate of drug-likeness (QED) is 0.554. The average molecular weight is 431 g/mol. The van der Waals surface area contributed by atoms with Gasteiger partial charge in [0, 0.05) is 31.1 Å². The molecule has 0 spiro atoms. The molecule has 1 aromatic carbocycles. The van der Waals surface area contributed by atoms with Crippen molar-refractivity contribution < 1.29 is 28.9 Å². The number of carbonyl (C=O) groups is 2. The molecule has 0 bridgehead atoms. The molecule has 1 fully saturated rings. The second-order valence-corrected chi connectivity index (χ2v) is 9.56. The fraction of sp³-hybridized carbons (Fsp3) is 0.600. The van der Waals surface area contributed by atoms with E-state index in [1.807, 2.05) is 27.7 Å². The summed E-state index contributed by atoms with van der Waals surface area (Å²) in [6, 6.07) is 6.78. The molecule has 1 aromatic rings. The molecule has 6 nitrogen and oxygen atoms in total. The Morgan fingerprint density at radius 3 is 2.35 bits per heavy atom. The monoisotopic (exact) mass is 430 g/mol. The molecule has 3 rings (SSSR count). The van der Waals surface area contributed by atoms with Crippen molar-refractivity contribution in [3.63, 3.8) is 0 Å². The number of methoxy groups -OCH3 is 1. The van der Waals surface area contributed by atoms with E-state index in [2.05, 4.69) is 6.08 Å². The molecule has 2 aliphatic carbocycles. The van der Waals surface area contributed by atoms with Crippen LogP contribution in [0.3, 0.4) is 0 Å². The molecule has 1 N–H and O–H groups in total. The molecule has 5 atom stereocenters. The van der Waals surface area contributed by atoms with Gasteiger partial charge in [0.1, 0.15) is 18.0 Å². The number of esters is 2. The van der Waals surface area contributed by atoms with Gasteiger partial charge in [0.15, 0.2) is 0 Å². The van der Waals surface area contributed by atoms with Crippen LogP contribution in [0.4, 0.5) is 0 Å². The van der Waals surface area contributed by atoms with E-state index in [1.54, 1.807) is 31.4 Å². The second-order valence-electron chi connectivity index (χ2n) is 9.56. The number of ether oxygens (including phenoxy) is 3. The van der Waals surface area contributed by atoms with Gasteiger partial charge in [0.25, 0.3) is 0 Å². The van der Waals surface area contributed by atoms with Gasteiger partial charge in [-0.3, -0.25) is 4.79 Å². The first-order chi connectivity index (χ1) is 14.5. The number of rotatable bonds is 5. The predicted molar refractivity (Wildman–Crippen MR) is 117 cm³/mol. The zero-order valence-electron chi connectivity index (χ0n) is 19.3. The van der Waals surface area contributed by atoms with Crippen LogP contribution >= 0.6 is 0 Å². The first-order valence-corrected chi connectivity index (χ1v) is 10.9. The van der Waals surface area contributed by atoms with Crippen LogP contribution in [0.5, 0.6) is 5.75 Å². The predicted octanol–water partition coefficient (Wildman–Crippen LogP) is 4.31. The lowest BCUT2D eigenvalue weighted by Crippen LogP contribution is -2.50. The minimum absolute atomic E-state index is 0.0991. The van der Waals surface area contributed by atoms with Crippen LogP contribution in [-0.4, -0.2) is 42.0 Å². The lowest BCUT2D eigenvalue weighted by Gasteiger charge is -2.43. The molecule has 0 saturated heterocycles. The summed E-state index contributed by atoms with van der Waals surface area (Å²) in [7, 11) is 1.57. The van der Waals surface area contributed by atoms with E-state index in [1.165, 1.54) is 6.92 Å². The Morgan fingerprint density at radius 2 is 1.81 bits per heavy atom. The van der Waals surface area contributed by atoms with Crippen LogP contribution in [0, 0.1) is 17.3 Å². The first-order valence-electron chi connectivity index (χ1n) is 10.9. The van der Waals surface area contributed by atoms with Crippen molar-refractivity contribution >= 4 is 11.9 Å². The van der Waals surface area contributed by atoms with E-state index in [4.69, 9.17) is 14.2 Å². The maximum absolute atomic E-state index is 13.0. The molecular formula is C25H34O6. The van der Waals surface area contributed by atoms with Gasteiger partial charge in [-0.1, -0.05) is 32.4 Å². The summed E-state index contributed by atoms with van der Waals surface area (Å²) in [5.74, 6) is -0.619. The highest BCUT2D eigenvalue weighted by atomic mass is 16.6. The molecular weight excluding hydrogens is 396 g/mol. The number of benzene rings is 1. The third-order valence-corrected chi connectivity index (χ3v) is 7.17. The number of hydrogen-bond acceptors (Lipinski definition) is 6. The third kappa shape index (κ3) is 4.36. The summed E-state index contributed by atoms with van der Waals surface area (Å²) in [6.45, 7) is 9.36. The van der Waals surface area contributed by atoms with Crippen LogP contribution in [0.1, 0.15) is 64.2 Å². The van der Waals surface area contributed by atoms with Crippen LogP contribution < -0.4 is 4.74 Å². The standard InChI is InChI=1S/C25H34O6/c1-15(2)25(28)14-21(30-17(4)26)24(5)12-11-16(3)13-20(22(24)25)31-23(27)18-7-9-19(29-6)10-8-18/h7-11,15,20-22,28H,12-14H2,1-6H3/t20-,21-,22+,24-,25+/m0/s1. The highest BCUT2D eigenvalue weighted by Crippen LogP contribution is 2.59. The number of carbonyl (C=O) groups excluding carboxylic acids is 2. The summed E-state index contributed by atoms with van der Waals surface area (Å²) in [6.07, 6.45) is 2.64. The van der Waals surface area contributed by atoms with Gasteiger partial charge >= 0.3 is 11.9 Å². The van der Waals surface area contributed by atoms with Crippen molar-refractivity contribution in [1.82, 2.24) is 0 Å². The summed E-state index contributed by atoms with van der Waals surface area (Å²) >= 11 is 0. The Bertz CT molecular complexity index is 857. The van der Waals surface area contributed by atoms with E-state index in [-0.39, 0.29) is 17.8 Å². The molecule has 2 aliphatic rings. The Kier molecular flexibility index (Phi) is 6.51. The zero-order chi connectivity index (χ0) is 23.0. The highest BCUT2D eigenvalue weighted by Gasteiger charge is 2.65. The second kappa shape index (κ2) is 8.65. The molecule has 0 aliphatic heterocycles. The molecule has 0 amide bonds. The fourth-order valence-corrected chi connectivity index (χ4v) is 5.36. The lowest BCUT2D eigenvalue weighted by atomic mass is 9.67. The Balaban J connectivity index is 1.98. The fourth-order valence-electron chi connectivity index (χ4n) is 5.36. The molecule has 0 radical (unpaired) electrons. The maximum atomic E-state index is 13.0. The normalized spacial score (nSPS) is 32.6. The highest BCUT2D eigenvalue weighted by molar-refractivity contribution is 5.89. The van der Waals surface area contributed by atoms with Gasteiger partial charge in [-0.05, 0) is 43.5 Å². The van der Waals surface area contributed by atoms with Gasteiger partial charge in [0.2, 0.25) is 0 Å². The minimum atomic E-state index is -1.13. The van der Waals surface area contributed by atoms with Crippen LogP contribution in [-0.2, 0) is 14.3 Å². The molecule has 1 saturated carbocycles. The van der Waals surface area contributed by atoms with E-state index in [0.29, 0.717) is 30.6 Å². The van der Waals surface area contributed by atoms with Gasteiger partial charge in [-0.2, -0.15) is 0 Å². The summed E-state index contributed by atoms with van der Waals surface area (Å²) in [5, 5.41) is 11.8. The molecule has 6 heteroatoms. The smallest absolute Gasteiger partial charge is 0.338 e. The van der Waals surface area contributed by atoms with Crippen molar-refractivity contribution in [2.45, 2.75) is 71.7 Å². The number of aliphatic hydroxyl groups is 1. The van der Waals surface area contributed by atoms with Crippen LogP contribution in [0.15, 0.2) is 35.9 Å². The number of fused-ring (bicyclic) bond motifs is 1. The number of allylic oxidation sites excluding steroid dienone is 1. The Labute approximate surface area is 184 Å². The van der Waals surface area contributed by atoms with Gasteiger partial charge in [-0.25, -0.2) is 4.79 Å². The van der Waals surface area contributed by atoms with Crippen molar-refractivity contribution in [3.8, 4) is 5.75 Å². The summed E-state index contributed by atoms with van der Waals surface area (Å²) in [4.78, 5) is 24.8. The topological polar surface area (TPSA) is 82.1 Å². The molecule has 31 heavy (non-hydrogen) atoms. The molecule has 0 heterocycles. The summed E-state index contributed by atoms with van der Waals surface area (Å²) in [5.41, 5.74) is -0.155. The van der Waals surface area contributed by atoms with E-state index < -0.39 is 29.2 Å². The molecule has 170 valence electrons. The molecule has 0 unspecified atom stereocenters. The lowest BCUT2D eigenvalue weighted by molar-refractivity contribution is -0.153. The van der Waals surface area contributed by atoms with Crippen molar-refractivity contribution in [2.75, 3.05) is 7.11 Å². The number of hydrogen-bond donors (Lipinski definition) is 1. The summed E-state index contributed by atoms with van der Waals surface area (Å²) < 4.78 is 16.9. The SMILES string of the molecule is COc1ccc(C(=O)O[C@H]2CC(C)=CC[C@@]3(C)[C@@H](OC(C)=O)C[C@@](O)(C(C)C)[C@H]23)cc1. The zero-order valence-corrected chi connectivity index (χ0v) is 19.3. The Morgan fingerprint density at radius 1 is 1.16 bits per heavy atom. The van der Waals surface area contributed by atoms with E-state index >= 15 is 0 Å². The average Bonchev–Trinajstić information content (AvgIpc) is 2.83. The third-order valence-electron chi connectivity index (χ3n) is 7.17. The molecule has 0 aromatic heterocycles. The minimum Gasteiger partial charge on any atom is -0.497 e. The van der Waals surface area contributed by atoms with Crippen LogP contribution in [0.2, 0.25) is 0 Å². The maximum Gasteiger partial charge on any atom is 0.338 e. The van der Waals surface area contributed by atoms with Crippen LogP contribution in [0.25, 0.3) is 0 Å². The Hall–Kier alpha value is -2.34. The van der Waals surface area contributed by atoms with Gasteiger partial charge < -0.3 is 19.3 Å². The van der Waals surface area contributed by atoms with Crippen molar-refractivity contribution in [2.24, 2.45) is 17.3 Å². The van der Waals surface area contributed by atoms with Gasteiger partial charge in [0.05, 0.1) is 18.3 Å².